The van der Waals surface area contributed by atoms with Gasteiger partial charge in [0.2, 0.25) is 11.8 Å². The molecule has 0 bridgehead atoms. The lowest BCUT2D eigenvalue weighted by Gasteiger charge is -2.48. The maximum Gasteiger partial charge on any atom is 0.257 e. The molecule has 7 heteroatoms. The quantitative estimate of drug-likeness (QED) is 0.748. The second kappa shape index (κ2) is 7.65. The average molecular weight is 433 g/mol. The third kappa shape index (κ3) is 3.15. The Bertz CT molecular complexity index is 1100. The van der Waals surface area contributed by atoms with Gasteiger partial charge in [-0.05, 0) is 37.1 Å². The molecule has 0 N–H and O–H groups in total. The van der Waals surface area contributed by atoms with Crippen LogP contribution in [0.1, 0.15) is 42.1 Å². The normalized spacial score (nSPS) is 22.4. The van der Waals surface area contributed by atoms with Crippen LogP contribution < -0.4 is 9.80 Å². The molecule has 7 nitrogen and oxygen atoms in total. The van der Waals surface area contributed by atoms with Gasteiger partial charge in [-0.2, -0.15) is 0 Å². The molecule has 0 aliphatic carbocycles. The van der Waals surface area contributed by atoms with Crippen LogP contribution in [0.25, 0.3) is 0 Å². The number of carbonyl (C=O) groups excluding carboxylic acids is 3. The first kappa shape index (κ1) is 20.5. The standard InChI is InChI=1S/C25H28N4O3/c1-25-13-11-23(31)29(25)21-10-6-4-8-19(21)24(32)28(25)14-12-22(30)27-16-15-26(2)20-9-5-3-7-18(20)17-27/h3-10H,11-17H2,1-2H3. The van der Waals surface area contributed by atoms with Crippen molar-refractivity contribution in [2.45, 2.75) is 38.4 Å². The van der Waals surface area contributed by atoms with Gasteiger partial charge in [0, 0.05) is 51.8 Å². The lowest BCUT2D eigenvalue weighted by molar-refractivity contribution is -0.132. The van der Waals surface area contributed by atoms with Gasteiger partial charge in [-0.15, -0.1) is 0 Å². The van der Waals surface area contributed by atoms with Gasteiger partial charge >= 0.3 is 0 Å². The Hall–Kier alpha value is -3.35. The molecule has 3 aliphatic heterocycles. The number of hydrogen-bond donors (Lipinski definition) is 0. The summed E-state index contributed by atoms with van der Waals surface area (Å²) in [6, 6.07) is 15.4. The van der Waals surface area contributed by atoms with Crippen LogP contribution in [0, 0.1) is 0 Å². The lowest BCUT2D eigenvalue weighted by Crippen LogP contribution is -2.62. The number of benzene rings is 2. The number of rotatable bonds is 3. The molecule has 1 fully saturated rings. The number of nitrogens with zero attached hydrogens (tertiary/aromatic N) is 4. The molecule has 0 aromatic heterocycles. The van der Waals surface area contributed by atoms with Gasteiger partial charge in [-0.1, -0.05) is 30.3 Å². The van der Waals surface area contributed by atoms with Crippen molar-refractivity contribution in [3.63, 3.8) is 0 Å². The number of likely N-dealkylation sites (N-methyl/N-ethyl adjacent to an activating group) is 1. The predicted molar refractivity (Wildman–Crippen MR) is 122 cm³/mol. The van der Waals surface area contributed by atoms with Crippen molar-refractivity contribution in [2.75, 3.05) is 36.5 Å². The van der Waals surface area contributed by atoms with E-state index in [0.29, 0.717) is 43.7 Å². The van der Waals surface area contributed by atoms with E-state index in [9.17, 15) is 14.4 Å². The summed E-state index contributed by atoms with van der Waals surface area (Å²) in [4.78, 5) is 46.8. The van der Waals surface area contributed by atoms with Gasteiger partial charge in [-0.3, -0.25) is 19.3 Å². The predicted octanol–water partition coefficient (Wildman–Crippen LogP) is 2.85. The third-order valence-corrected chi connectivity index (χ3v) is 7.12. The molecule has 3 amide bonds. The maximum atomic E-state index is 13.4. The molecular weight excluding hydrogens is 404 g/mol. The van der Waals surface area contributed by atoms with E-state index in [4.69, 9.17) is 0 Å². The molecule has 2 aromatic rings. The van der Waals surface area contributed by atoms with Crippen molar-refractivity contribution >= 4 is 29.1 Å². The van der Waals surface area contributed by atoms with E-state index in [2.05, 4.69) is 17.0 Å². The number of anilines is 2. The monoisotopic (exact) mass is 432 g/mol. The van der Waals surface area contributed by atoms with Gasteiger partial charge in [0.05, 0.1) is 11.3 Å². The zero-order valence-corrected chi connectivity index (χ0v) is 18.6. The molecule has 3 aliphatic rings. The van der Waals surface area contributed by atoms with Gasteiger partial charge in [0.25, 0.3) is 5.91 Å². The van der Waals surface area contributed by atoms with E-state index < -0.39 is 5.66 Å². The number of fused-ring (bicyclic) bond motifs is 4. The second-order valence-electron chi connectivity index (χ2n) is 9.04. The Balaban J connectivity index is 1.36. The first-order valence-electron chi connectivity index (χ1n) is 11.2. The summed E-state index contributed by atoms with van der Waals surface area (Å²) in [5.41, 5.74) is 2.76. The van der Waals surface area contributed by atoms with Crippen LogP contribution in [-0.4, -0.2) is 59.9 Å². The van der Waals surface area contributed by atoms with Crippen LogP contribution in [0.5, 0.6) is 0 Å². The van der Waals surface area contributed by atoms with E-state index in [0.717, 1.165) is 17.8 Å². The molecule has 166 valence electrons. The van der Waals surface area contributed by atoms with Crippen molar-refractivity contribution in [3.05, 3.63) is 59.7 Å². The molecule has 0 radical (unpaired) electrons. The van der Waals surface area contributed by atoms with Crippen LogP contribution in [0.3, 0.4) is 0 Å². The van der Waals surface area contributed by atoms with Crippen LogP contribution >= 0.6 is 0 Å². The Kier molecular flexibility index (Phi) is 4.92. The zero-order chi connectivity index (χ0) is 22.5. The minimum absolute atomic E-state index is 0.0240. The second-order valence-corrected chi connectivity index (χ2v) is 9.04. The molecule has 0 spiro atoms. The molecule has 1 saturated heterocycles. The van der Waals surface area contributed by atoms with Crippen molar-refractivity contribution in [3.8, 4) is 0 Å². The van der Waals surface area contributed by atoms with Gasteiger partial charge < -0.3 is 14.7 Å². The highest BCUT2D eigenvalue weighted by Crippen LogP contribution is 2.44. The highest BCUT2D eigenvalue weighted by molar-refractivity contribution is 6.10. The van der Waals surface area contributed by atoms with Crippen LogP contribution in [0.15, 0.2) is 48.5 Å². The minimum Gasteiger partial charge on any atom is -0.373 e. The lowest BCUT2D eigenvalue weighted by atomic mass is 9.98. The zero-order valence-electron chi connectivity index (χ0n) is 18.6. The van der Waals surface area contributed by atoms with Crippen LogP contribution in [0.2, 0.25) is 0 Å². The highest BCUT2D eigenvalue weighted by atomic mass is 16.2. The van der Waals surface area contributed by atoms with Crippen LogP contribution in [-0.2, 0) is 16.1 Å². The SMILES string of the molecule is CN1CCN(C(=O)CCN2C(=O)c3ccccc3N3C(=O)CCC23C)Cc2ccccc21. The van der Waals surface area contributed by atoms with Crippen molar-refractivity contribution in [1.82, 2.24) is 9.80 Å². The van der Waals surface area contributed by atoms with Gasteiger partial charge in [0.1, 0.15) is 5.66 Å². The van der Waals surface area contributed by atoms with Crippen molar-refractivity contribution in [1.29, 1.82) is 0 Å². The first-order valence-corrected chi connectivity index (χ1v) is 11.2. The third-order valence-electron chi connectivity index (χ3n) is 7.12. The first-order chi connectivity index (χ1) is 15.4. The highest BCUT2D eigenvalue weighted by Gasteiger charge is 2.52. The topological polar surface area (TPSA) is 64.2 Å². The molecule has 3 heterocycles. The van der Waals surface area contributed by atoms with Gasteiger partial charge in [-0.25, -0.2) is 0 Å². The Morgan fingerprint density at radius 2 is 1.72 bits per heavy atom. The fourth-order valence-electron chi connectivity index (χ4n) is 5.31. The fourth-order valence-corrected chi connectivity index (χ4v) is 5.31. The number of carbonyl (C=O) groups is 3. The minimum atomic E-state index is -0.728. The molecule has 32 heavy (non-hydrogen) atoms. The molecule has 2 aromatic carbocycles. The number of hydrogen-bond acceptors (Lipinski definition) is 4. The average Bonchev–Trinajstić information content (AvgIpc) is 3.00. The van der Waals surface area contributed by atoms with E-state index in [1.165, 1.54) is 0 Å². The molecule has 1 unspecified atom stereocenters. The summed E-state index contributed by atoms with van der Waals surface area (Å²) in [5, 5.41) is 0. The summed E-state index contributed by atoms with van der Waals surface area (Å²) in [6.07, 6.45) is 1.21. The summed E-state index contributed by atoms with van der Waals surface area (Å²) in [6.45, 7) is 4.20. The molecular formula is C25H28N4O3. The largest absolute Gasteiger partial charge is 0.373 e. The molecule has 1 atom stereocenters. The summed E-state index contributed by atoms with van der Waals surface area (Å²) < 4.78 is 0. The van der Waals surface area contributed by atoms with Crippen molar-refractivity contribution < 1.29 is 14.4 Å². The van der Waals surface area contributed by atoms with E-state index in [1.54, 1.807) is 15.9 Å². The number of para-hydroxylation sites is 2. The van der Waals surface area contributed by atoms with E-state index in [-0.39, 0.29) is 24.1 Å². The number of amides is 3. The van der Waals surface area contributed by atoms with Crippen molar-refractivity contribution in [2.24, 2.45) is 0 Å². The van der Waals surface area contributed by atoms with Crippen LogP contribution in [0.4, 0.5) is 11.4 Å². The molecule has 5 rings (SSSR count). The smallest absolute Gasteiger partial charge is 0.257 e. The maximum absolute atomic E-state index is 13.4. The Morgan fingerprint density at radius 3 is 2.53 bits per heavy atom. The molecule has 0 saturated carbocycles. The summed E-state index contributed by atoms with van der Waals surface area (Å²) >= 11 is 0. The fraction of sp³-hybridized carbons (Fsp3) is 0.400. The van der Waals surface area contributed by atoms with E-state index >= 15 is 0 Å². The Morgan fingerprint density at radius 1 is 1.00 bits per heavy atom. The Labute approximate surface area is 188 Å². The summed E-state index contributed by atoms with van der Waals surface area (Å²) in [5.74, 6) is -0.0556. The summed E-state index contributed by atoms with van der Waals surface area (Å²) in [7, 11) is 2.04. The van der Waals surface area contributed by atoms with E-state index in [1.807, 2.05) is 49.2 Å². The van der Waals surface area contributed by atoms with Gasteiger partial charge in [0.15, 0.2) is 0 Å².